The van der Waals surface area contributed by atoms with Gasteiger partial charge in [-0.25, -0.2) is 9.59 Å². The maximum absolute atomic E-state index is 10.4. The Bertz CT molecular complexity index is 200. The molecule has 2 unspecified atom stereocenters. The molecule has 0 rings (SSSR count). The summed E-state index contributed by atoms with van der Waals surface area (Å²) in [5.41, 5.74) is -2.11. The van der Waals surface area contributed by atoms with Crippen LogP contribution in [-0.4, -0.2) is 46.1 Å². The molecule has 0 saturated carbocycles. The second kappa shape index (κ2) is 3.51. The zero-order chi connectivity index (χ0) is 9.94. The van der Waals surface area contributed by atoms with Crippen molar-refractivity contribution in [2.75, 3.05) is 7.11 Å². The highest BCUT2D eigenvalue weighted by Crippen LogP contribution is 2.15. The van der Waals surface area contributed by atoms with Gasteiger partial charge in [0.1, 0.15) is 0 Å². The Hall–Kier alpha value is -1.14. The van der Waals surface area contributed by atoms with Crippen LogP contribution in [0.15, 0.2) is 0 Å². The van der Waals surface area contributed by atoms with E-state index in [1.165, 1.54) is 0 Å². The van der Waals surface area contributed by atoms with E-state index < -0.39 is 23.6 Å². The summed E-state index contributed by atoms with van der Waals surface area (Å²) in [5, 5.41) is 25.7. The van der Waals surface area contributed by atoms with Crippen LogP contribution in [0.3, 0.4) is 0 Å². The van der Waals surface area contributed by atoms with Crippen molar-refractivity contribution in [3.8, 4) is 0 Å². The molecule has 0 amide bonds. The molecule has 6 nitrogen and oxygen atoms in total. The molecule has 0 aliphatic heterocycles. The molecule has 0 aliphatic carbocycles. The van der Waals surface area contributed by atoms with Crippen molar-refractivity contribution in [2.45, 2.75) is 18.6 Å². The summed E-state index contributed by atoms with van der Waals surface area (Å²) >= 11 is 0. The lowest BCUT2D eigenvalue weighted by atomic mass is 9.99. The molecular formula is C6H10O6. The zero-order valence-electron chi connectivity index (χ0n) is 6.64. The van der Waals surface area contributed by atoms with E-state index in [0.717, 1.165) is 14.0 Å². The first kappa shape index (κ1) is 10.9. The molecule has 0 saturated heterocycles. The van der Waals surface area contributed by atoms with E-state index in [2.05, 4.69) is 4.74 Å². The Kier molecular flexibility index (Phi) is 3.17. The van der Waals surface area contributed by atoms with E-state index in [0.29, 0.717) is 0 Å². The van der Waals surface area contributed by atoms with Crippen molar-refractivity contribution >= 4 is 11.9 Å². The molecule has 2 atom stereocenters. The SMILES string of the molecule is COC(C)(C(=O)O)C(O)C(=O)O. The first-order valence-corrected chi connectivity index (χ1v) is 3.05. The average Bonchev–Trinajstić information content (AvgIpc) is 2.01. The molecule has 0 radical (unpaired) electrons. The molecule has 0 spiro atoms. The first-order chi connectivity index (χ1) is 5.36. The fourth-order valence-electron chi connectivity index (χ4n) is 0.552. The molecule has 0 aromatic heterocycles. The highest BCUT2D eigenvalue weighted by Gasteiger charge is 2.45. The molecule has 0 fully saturated rings. The molecular weight excluding hydrogens is 168 g/mol. The van der Waals surface area contributed by atoms with Gasteiger partial charge in [-0.3, -0.25) is 0 Å². The van der Waals surface area contributed by atoms with Crippen LogP contribution >= 0.6 is 0 Å². The van der Waals surface area contributed by atoms with E-state index >= 15 is 0 Å². The standard InChI is InChI=1S/C6H10O6/c1-6(12-2,5(10)11)3(7)4(8)9/h3,7H,1-2H3,(H,8,9)(H,10,11). The van der Waals surface area contributed by atoms with Crippen LogP contribution in [0.5, 0.6) is 0 Å². The lowest BCUT2D eigenvalue weighted by Gasteiger charge is -2.25. The fraction of sp³-hybridized carbons (Fsp3) is 0.667. The third-order valence-electron chi connectivity index (χ3n) is 1.60. The van der Waals surface area contributed by atoms with Crippen LogP contribution in [0.1, 0.15) is 6.92 Å². The highest BCUT2D eigenvalue weighted by molar-refractivity contribution is 5.86. The van der Waals surface area contributed by atoms with Crippen LogP contribution in [0, 0.1) is 0 Å². The zero-order valence-corrected chi connectivity index (χ0v) is 6.64. The van der Waals surface area contributed by atoms with Gasteiger partial charge in [0.25, 0.3) is 0 Å². The van der Waals surface area contributed by atoms with Crippen LogP contribution in [-0.2, 0) is 14.3 Å². The average molecular weight is 178 g/mol. The molecule has 3 N–H and O–H groups in total. The minimum Gasteiger partial charge on any atom is -0.479 e. The quantitative estimate of drug-likeness (QED) is 0.506. The smallest absolute Gasteiger partial charge is 0.339 e. The van der Waals surface area contributed by atoms with Crippen LogP contribution in [0.4, 0.5) is 0 Å². The number of aliphatic carboxylic acids is 2. The summed E-state index contributed by atoms with van der Waals surface area (Å²) in [4.78, 5) is 20.7. The number of aliphatic hydroxyl groups is 1. The number of carboxylic acid groups (broad SMARTS) is 2. The number of aliphatic hydroxyl groups excluding tert-OH is 1. The van der Waals surface area contributed by atoms with Gasteiger partial charge in [-0.1, -0.05) is 0 Å². The minimum atomic E-state index is -2.11. The summed E-state index contributed by atoms with van der Waals surface area (Å²) in [6, 6.07) is 0. The lowest BCUT2D eigenvalue weighted by molar-refractivity contribution is -0.185. The van der Waals surface area contributed by atoms with E-state index in [9.17, 15) is 9.59 Å². The van der Waals surface area contributed by atoms with Crippen molar-refractivity contribution in [1.82, 2.24) is 0 Å². The number of hydrogen-bond donors (Lipinski definition) is 3. The molecule has 0 aliphatic rings. The van der Waals surface area contributed by atoms with Crippen molar-refractivity contribution in [3.05, 3.63) is 0 Å². The lowest BCUT2D eigenvalue weighted by Crippen LogP contribution is -2.52. The van der Waals surface area contributed by atoms with Crippen LogP contribution < -0.4 is 0 Å². The highest BCUT2D eigenvalue weighted by atomic mass is 16.5. The van der Waals surface area contributed by atoms with E-state index in [1.807, 2.05) is 0 Å². The molecule has 0 aromatic carbocycles. The Balaban J connectivity index is 4.75. The maximum Gasteiger partial charge on any atom is 0.339 e. The number of methoxy groups -OCH3 is 1. The van der Waals surface area contributed by atoms with Crippen molar-refractivity contribution in [3.63, 3.8) is 0 Å². The molecule has 0 aromatic rings. The van der Waals surface area contributed by atoms with Crippen molar-refractivity contribution < 1.29 is 29.6 Å². The van der Waals surface area contributed by atoms with Gasteiger partial charge in [0.15, 0.2) is 11.7 Å². The number of carboxylic acids is 2. The van der Waals surface area contributed by atoms with Crippen LogP contribution in [0.25, 0.3) is 0 Å². The number of carbonyl (C=O) groups is 2. The van der Waals surface area contributed by atoms with E-state index in [-0.39, 0.29) is 0 Å². The third-order valence-corrected chi connectivity index (χ3v) is 1.60. The Labute approximate surface area is 68.4 Å². The Morgan fingerprint density at radius 1 is 1.42 bits per heavy atom. The molecule has 12 heavy (non-hydrogen) atoms. The summed E-state index contributed by atoms with van der Waals surface area (Å²) in [6.45, 7) is 0.980. The minimum absolute atomic E-state index is 0.980. The van der Waals surface area contributed by atoms with Crippen LogP contribution in [0.2, 0.25) is 0 Å². The van der Waals surface area contributed by atoms with Gasteiger partial charge in [-0.2, -0.15) is 0 Å². The largest absolute Gasteiger partial charge is 0.479 e. The van der Waals surface area contributed by atoms with E-state index in [1.54, 1.807) is 0 Å². The normalized spacial score (nSPS) is 17.9. The Morgan fingerprint density at radius 2 is 1.83 bits per heavy atom. The van der Waals surface area contributed by atoms with Crippen molar-refractivity contribution in [1.29, 1.82) is 0 Å². The van der Waals surface area contributed by atoms with Gasteiger partial charge in [0.05, 0.1) is 0 Å². The summed E-state index contributed by atoms with van der Waals surface area (Å²) in [6.07, 6.45) is -2.08. The molecule has 70 valence electrons. The predicted octanol–water partition coefficient (Wildman–Crippen LogP) is -1.08. The van der Waals surface area contributed by atoms with Gasteiger partial charge in [0.2, 0.25) is 0 Å². The van der Waals surface area contributed by atoms with E-state index in [4.69, 9.17) is 15.3 Å². The van der Waals surface area contributed by atoms with Gasteiger partial charge in [0, 0.05) is 7.11 Å². The maximum atomic E-state index is 10.4. The Morgan fingerprint density at radius 3 is 1.92 bits per heavy atom. The molecule has 6 heteroatoms. The van der Waals surface area contributed by atoms with Gasteiger partial charge < -0.3 is 20.1 Å². The summed E-state index contributed by atoms with van der Waals surface area (Å²) in [5.74, 6) is -3.17. The predicted molar refractivity (Wildman–Crippen MR) is 36.7 cm³/mol. The van der Waals surface area contributed by atoms with Crippen molar-refractivity contribution in [2.24, 2.45) is 0 Å². The number of rotatable bonds is 4. The topological polar surface area (TPSA) is 104 Å². The molecule has 0 heterocycles. The second-order valence-electron chi connectivity index (χ2n) is 2.36. The number of ether oxygens (including phenoxy) is 1. The molecule has 0 bridgehead atoms. The number of hydrogen-bond acceptors (Lipinski definition) is 4. The monoisotopic (exact) mass is 178 g/mol. The second-order valence-corrected chi connectivity index (χ2v) is 2.36. The third kappa shape index (κ3) is 1.72. The fourth-order valence-corrected chi connectivity index (χ4v) is 0.552. The first-order valence-electron chi connectivity index (χ1n) is 3.05. The van der Waals surface area contributed by atoms with Gasteiger partial charge in [-0.05, 0) is 6.92 Å². The summed E-state index contributed by atoms with van der Waals surface area (Å²) < 4.78 is 4.39. The summed E-state index contributed by atoms with van der Waals surface area (Å²) in [7, 11) is 1.01. The van der Waals surface area contributed by atoms with Gasteiger partial charge in [-0.15, -0.1) is 0 Å². The van der Waals surface area contributed by atoms with Gasteiger partial charge >= 0.3 is 11.9 Å².